The Labute approximate surface area is 168 Å². The minimum absolute atomic E-state index is 0.236. The van der Waals surface area contributed by atoms with Crippen LogP contribution in [0.1, 0.15) is 32.7 Å². The second kappa shape index (κ2) is 7.87. The Morgan fingerprint density at radius 3 is 2.79 bits per heavy atom. The van der Waals surface area contributed by atoms with E-state index in [0.717, 1.165) is 23.2 Å². The van der Waals surface area contributed by atoms with E-state index in [1.165, 1.54) is 0 Å². The molecule has 1 aromatic carbocycles. The molecule has 0 fully saturated rings. The van der Waals surface area contributed by atoms with Crippen molar-refractivity contribution in [2.45, 2.75) is 32.9 Å². The summed E-state index contributed by atoms with van der Waals surface area (Å²) in [4.78, 5) is 36.2. The first kappa shape index (κ1) is 18.9. The van der Waals surface area contributed by atoms with Crippen molar-refractivity contribution >= 4 is 11.9 Å². The number of anilines is 1. The third-order valence-electron chi connectivity index (χ3n) is 5.31. The second-order valence-corrected chi connectivity index (χ2v) is 7.28. The molecule has 1 aliphatic rings. The molecule has 4 rings (SSSR count). The molecule has 0 radical (unpaired) electrons. The average molecular weight is 389 g/mol. The van der Waals surface area contributed by atoms with Crippen molar-refractivity contribution < 1.29 is 4.79 Å². The molecule has 3 heterocycles. The molecule has 0 atom stereocenters. The molecule has 0 unspecified atom stereocenters. The van der Waals surface area contributed by atoms with E-state index < -0.39 is 0 Å². The van der Waals surface area contributed by atoms with Crippen molar-refractivity contribution in [1.82, 2.24) is 19.4 Å². The molecule has 7 nitrogen and oxygen atoms in total. The Hall–Kier alpha value is -3.48. The minimum Gasteiger partial charge on any atom is -0.368 e. The topological polar surface area (TPSA) is 94.1 Å². The molecule has 2 N–H and O–H groups in total. The van der Waals surface area contributed by atoms with Crippen molar-refractivity contribution in [1.29, 1.82) is 0 Å². The number of aromatic nitrogens is 3. The van der Waals surface area contributed by atoms with Gasteiger partial charge >= 0.3 is 0 Å². The van der Waals surface area contributed by atoms with Gasteiger partial charge in [-0.25, -0.2) is 9.97 Å². The molecule has 0 aliphatic carbocycles. The summed E-state index contributed by atoms with van der Waals surface area (Å²) in [6.45, 7) is 3.21. The van der Waals surface area contributed by atoms with E-state index >= 15 is 0 Å². The van der Waals surface area contributed by atoms with Crippen LogP contribution < -0.4 is 11.3 Å². The van der Waals surface area contributed by atoms with Crippen molar-refractivity contribution in [3.63, 3.8) is 0 Å². The zero-order valence-corrected chi connectivity index (χ0v) is 16.3. The van der Waals surface area contributed by atoms with Crippen molar-refractivity contribution in [3.8, 4) is 0 Å². The van der Waals surface area contributed by atoms with E-state index in [2.05, 4.69) is 9.97 Å². The van der Waals surface area contributed by atoms with E-state index in [1.807, 2.05) is 36.4 Å². The maximum atomic E-state index is 13.2. The summed E-state index contributed by atoms with van der Waals surface area (Å²) in [5.74, 6) is -0.00670. The summed E-state index contributed by atoms with van der Waals surface area (Å²) in [5, 5.41) is 0. The van der Waals surface area contributed by atoms with Crippen LogP contribution in [0.5, 0.6) is 0 Å². The average Bonchev–Trinajstić information content (AvgIpc) is 2.73. The van der Waals surface area contributed by atoms with Gasteiger partial charge in [-0.1, -0.05) is 30.3 Å². The lowest BCUT2D eigenvalue weighted by Gasteiger charge is -2.28. The van der Waals surface area contributed by atoms with Crippen LogP contribution in [0.3, 0.4) is 0 Å². The second-order valence-electron chi connectivity index (χ2n) is 7.28. The van der Waals surface area contributed by atoms with Gasteiger partial charge in [-0.05, 0) is 30.5 Å². The molecule has 29 heavy (non-hydrogen) atoms. The first-order chi connectivity index (χ1) is 14.0. The largest absolute Gasteiger partial charge is 0.368 e. The molecule has 148 valence electrons. The number of hydrogen-bond donors (Lipinski definition) is 1. The number of nitrogens with zero attached hydrogens (tertiary/aromatic N) is 4. The van der Waals surface area contributed by atoms with Gasteiger partial charge < -0.3 is 15.2 Å². The van der Waals surface area contributed by atoms with Crippen LogP contribution in [0.25, 0.3) is 0 Å². The lowest BCUT2D eigenvalue weighted by Crippen LogP contribution is -2.40. The maximum absolute atomic E-state index is 13.2. The fraction of sp³-hybridized carbons (Fsp3) is 0.273. The van der Waals surface area contributed by atoms with E-state index in [4.69, 9.17) is 5.73 Å². The molecule has 0 saturated heterocycles. The molecule has 1 amide bonds. The summed E-state index contributed by atoms with van der Waals surface area (Å²) in [6, 6.07) is 11.8. The van der Waals surface area contributed by atoms with E-state index in [9.17, 15) is 9.59 Å². The zero-order valence-electron chi connectivity index (χ0n) is 16.3. The molecule has 2 aromatic heterocycles. The standard InChI is InChI=1S/C22H23N5O2/c1-15-7-10-26(11-8-16-5-3-2-4-6-16)20(28)19(15)21(29)27-12-9-18-17(14-27)13-24-22(23)25-18/h2-7,10,13H,8-9,11-12,14H2,1H3,(H2,23,24,25). The molecular weight excluding hydrogens is 366 g/mol. The number of pyridine rings is 1. The lowest BCUT2D eigenvalue weighted by molar-refractivity contribution is 0.0730. The van der Waals surface area contributed by atoms with Crippen LogP contribution in [0.4, 0.5) is 5.95 Å². The highest BCUT2D eigenvalue weighted by Crippen LogP contribution is 2.19. The van der Waals surface area contributed by atoms with Crippen molar-refractivity contribution in [3.05, 3.63) is 87.1 Å². The lowest BCUT2D eigenvalue weighted by atomic mass is 10.0. The summed E-state index contributed by atoms with van der Waals surface area (Å²) in [6.07, 6.45) is 4.75. The summed E-state index contributed by atoms with van der Waals surface area (Å²) in [5.41, 5.74) is 9.22. The highest BCUT2D eigenvalue weighted by Gasteiger charge is 2.26. The van der Waals surface area contributed by atoms with Gasteiger partial charge in [0.25, 0.3) is 11.5 Å². The predicted molar refractivity (Wildman–Crippen MR) is 110 cm³/mol. The van der Waals surface area contributed by atoms with Gasteiger partial charge in [0.2, 0.25) is 5.95 Å². The number of rotatable bonds is 4. The smallest absolute Gasteiger partial charge is 0.263 e. The number of hydrogen-bond acceptors (Lipinski definition) is 5. The third kappa shape index (κ3) is 3.89. The number of carbonyl (C=O) groups is 1. The van der Waals surface area contributed by atoms with Crippen LogP contribution >= 0.6 is 0 Å². The number of carbonyl (C=O) groups excluding carboxylic acids is 1. The van der Waals surface area contributed by atoms with E-state index in [1.54, 1.807) is 28.8 Å². The summed E-state index contributed by atoms with van der Waals surface area (Å²) >= 11 is 0. The molecule has 1 aliphatic heterocycles. The molecule has 0 spiro atoms. The molecule has 0 bridgehead atoms. The Kier molecular flexibility index (Phi) is 5.12. The monoisotopic (exact) mass is 389 g/mol. The van der Waals surface area contributed by atoms with Gasteiger partial charge in [0.15, 0.2) is 0 Å². The fourth-order valence-electron chi connectivity index (χ4n) is 3.66. The van der Waals surface area contributed by atoms with Crippen LogP contribution in [0.2, 0.25) is 0 Å². The highest BCUT2D eigenvalue weighted by atomic mass is 16.2. The fourth-order valence-corrected chi connectivity index (χ4v) is 3.66. The number of aryl methyl sites for hydroxylation is 3. The van der Waals surface area contributed by atoms with Crippen molar-refractivity contribution in [2.24, 2.45) is 0 Å². The maximum Gasteiger partial charge on any atom is 0.263 e. The molecule has 7 heteroatoms. The zero-order chi connectivity index (χ0) is 20.4. The Bertz CT molecular complexity index is 1110. The quantitative estimate of drug-likeness (QED) is 0.736. The third-order valence-corrected chi connectivity index (χ3v) is 5.31. The number of nitrogens with two attached hydrogens (primary N) is 1. The summed E-state index contributed by atoms with van der Waals surface area (Å²) < 4.78 is 1.62. The van der Waals surface area contributed by atoms with Gasteiger partial charge in [-0.2, -0.15) is 0 Å². The first-order valence-electron chi connectivity index (χ1n) is 9.66. The molecule has 0 saturated carbocycles. The van der Waals surface area contributed by atoms with Gasteiger partial charge in [-0.3, -0.25) is 9.59 Å². The molecular formula is C22H23N5O2. The van der Waals surface area contributed by atoms with Gasteiger partial charge in [0.1, 0.15) is 5.56 Å². The summed E-state index contributed by atoms with van der Waals surface area (Å²) in [7, 11) is 0. The van der Waals surface area contributed by atoms with Crippen molar-refractivity contribution in [2.75, 3.05) is 12.3 Å². The van der Waals surface area contributed by atoms with Crippen LogP contribution in [0, 0.1) is 6.92 Å². The van der Waals surface area contributed by atoms with E-state index in [-0.39, 0.29) is 23.0 Å². The minimum atomic E-state index is -0.246. The number of benzene rings is 1. The highest BCUT2D eigenvalue weighted by molar-refractivity contribution is 5.95. The predicted octanol–water partition coefficient (Wildman–Crippen LogP) is 1.97. The first-order valence-corrected chi connectivity index (χ1v) is 9.66. The SMILES string of the molecule is Cc1ccn(CCc2ccccc2)c(=O)c1C(=O)N1CCc2nc(N)ncc2C1. The number of nitrogen functional groups attached to an aromatic ring is 1. The molecule has 3 aromatic rings. The van der Waals surface area contributed by atoms with Gasteiger partial charge in [0, 0.05) is 44.0 Å². The van der Waals surface area contributed by atoms with Crippen LogP contribution in [0.15, 0.2) is 53.6 Å². The van der Waals surface area contributed by atoms with Gasteiger partial charge in [-0.15, -0.1) is 0 Å². The number of amides is 1. The Morgan fingerprint density at radius 2 is 2.00 bits per heavy atom. The normalized spacial score (nSPS) is 13.2. The van der Waals surface area contributed by atoms with Crippen LogP contribution in [-0.4, -0.2) is 31.9 Å². The number of fused-ring (bicyclic) bond motifs is 1. The Morgan fingerprint density at radius 1 is 1.21 bits per heavy atom. The van der Waals surface area contributed by atoms with E-state index in [0.29, 0.717) is 31.6 Å². The van der Waals surface area contributed by atoms with Gasteiger partial charge in [0.05, 0.1) is 5.69 Å². The van der Waals surface area contributed by atoms with Crippen LogP contribution in [-0.2, 0) is 25.9 Å². The Balaban J connectivity index is 1.57.